The molecule has 1 aromatic carbocycles. The average Bonchev–Trinajstić information content (AvgIpc) is 2.42. The molecule has 0 atom stereocenters. The Labute approximate surface area is 142 Å². The smallest absolute Gasteiger partial charge is 0.177 e. The molecule has 0 bridgehead atoms. The van der Waals surface area contributed by atoms with Crippen LogP contribution in [0.15, 0.2) is 36.7 Å². The van der Waals surface area contributed by atoms with Gasteiger partial charge in [0.1, 0.15) is 7.05 Å². The van der Waals surface area contributed by atoms with Crippen molar-refractivity contribution >= 4 is 22.6 Å². The summed E-state index contributed by atoms with van der Waals surface area (Å²) in [4.78, 5) is 0. The zero-order valence-corrected chi connectivity index (χ0v) is 15.6. The third kappa shape index (κ3) is 4.29. The minimum absolute atomic E-state index is 0.681. The first-order valence-corrected chi connectivity index (χ1v) is 8.86. The maximum absolute atomic E-state index is 2.51. The monoisotopic (exact) mass is 394 g/mol. The maximum atomic E-state index is 2.51. The van der Waals surface area contributed by atoms with Gasteiger partial charge in [0.2, 0.25) is 0 Å². The highest BCUT2D eigenvalue weighted by Crippen LogP contribution is 2.28. The van der Waals surface area contributed by atoms with Gasteiger partial charge in [-0.25, -0.2) is 4.57 Å². The molecule has 0 aliphatic heterocycles. The van der Waals surface area contributed by atoms with Gasteiger partial charge in [-0.15, -0.1) is 0 Å². The van der Waals surface area contributed by atoms with Crippen LogP contribution in [0.5, 0.6) is 0 Å². The van der Waals surface area contributed by atoms with Crippen LogP contribution in [-0.2, 0) is 19.9 Å². The molecule has 0 fully saturated rings. The van der Waals surface area contributed by atoms with Crippen LogP contribution in [0.2, 0.25) is 0 Å². The summed E-state index contributed by atoms with van der Waals surface area (Å²) in [5, 5.41) is 0. The Morgan fingerprint density at radius 3 is 2.62 bits per heavy atom. The Hall–Kier alpha value is -0.900. The van der Waals surface area contributed by atoms with Crippen LogP contribution in [0.4, 0.5) is 0 Å². The fourth-order valence-electron chi connectivity index (χ4n) is 2.74. The summed E-state index contributed by atoms with van der Waals surface area (Å²) in [5.41, 5.74) is 5.58. The Balaban J connectivity index is 2.48. The number of hydrogen-bond donors (Lipinski definition) is 0. The van der Waals surface area contributed by atoms with Gasteiger partial charge in [0.05, 0.1) is 5.56 Å². The quantitative estimate of drug-likeness (QED) is 0.500. The minimum Gasteiger partial charge on any atom is -0.207 e. The average molecular weight is 394 g/mol. The first-order chi connectivity index (χ1) is 10.0. The first-order valence-electron chi connectivity index (χ1n) is 7.78. The zero-order valence-electron chi connectivity index (χ0n) is 13.5. The van der Waals surface area contributed by atoms with E-state index in [9.17, 15) is 0 Å². The van der Waals surface area contributed by atoms with Crippen LogP contribution < -0.4 is 4.57 Å². The Bertz CT molecular complexity index is 617. The highest BCUT2D eigenvalue weighted by Gasteiger charge is 2.15. The second-order valence-electron chi connectivity index (χ2n) is 6.22. The predicted molar refractivity (Wildman–Crippen MR) is 98.3 cm³/mol. The molecular formula is C19H25IN+. The van der Waals surface area contributed by atoms with Gasteiger partial charge in [0.25, 0.3) is 0 Å². The number of aromatic nitrogens is 1. The molecule has 0 saturated carbocycles. The molecule has 2 rings (SSSR count). The van der Waals surface area contributed by atoms with Gasteiger partial charge in [-0.3, -0.25) is 0 Å². The number of nitrogens with zero attached hydrogens (tertiary/aromatic N) is 1. The Kier molecular flexibility index (Phi) is 5.80. The van der Waals surface area contributed by atoms with Crippen molar-refractivity contribution in [3.05, 3.63) is 51.4 Å². The first kappa shape index (κ1) is 16.5. The maximum Gasteiger partial charge on any atom is 0.177 e. The number of pyridine rings is 1. The van der Waals surface area contributed by atoms with Crippen LogP contribution in [-0.4, -0.2) is 0 Å². The second kappa shape index (κ2) is 7.39. The number of benzene rings is 1. The molecule has 0 N–H and O–H groups in total. The van der Waals surface area contributed by atoms with Crippen molar-refractivity contribution in [2.24, 2.45) is 13.0 Å². The van der Waals surface area contributed by atoms with Crippen LogP contribution in [0.25, 0.3) is 11.1 Å². The minimum atomic E-state index is 0.681. The van der Waals surface area contributed by atoms with E-state index < -0.39 is 0 Å². The lowest BCUT2D eigenvalue weighted by Gasteiger charge is -2.11. The van der Waals surface area contributed by atoms with Crippen molar-refractivity contribution in [1.82, 2.24) is 0 Å². The summed E-state index contributed by atoms with van der Waals surface area (Å²) in [6.07, 6.45) is 8.00. The molecule has 0 saturated heterocycles. The van der Waals surface area contributed by atoms with E-state index >= 15 is 0 Å². The summed E-state index contributed by atoms with van der Waals surface area (Å²) in [6, 6.07) is 9.00. The standard InChI is InChI=1S/C19H25IN/c1-5-7-15-8-6-9-16(11-15)18-13-21(4)12-17(19(18)20)10-14(2)3/h6,8-9,11-14H,5,7,10H2,1-4H3/q+1. The molecular weight excluding hydrogens is 369 g/mol. The third-order valence-electron chi connectivity index (χ3n) is 3.62. The summed E-state index contributed by atoms with van der Waals surface area (Å²) in [7, 11) is 2.12. The van der Waals surface area contributed by atoms with Crippen molar-refractivity contribution in [1.29, 1.82) is 0 Å². The number of aryl methyl sites for hydroxylation is 2. The fourth-order valence-corrected chi connectivity index (χ4v) is 3.55. The molecule has 0 amide bonds. The Morgan fingerprint density at radius 1 is 1.19 bits per heavy atom. The fraction of sp³-hybridized carbons (Fsp3) is 0.421. The zero-order chi connectivity index (χ0) is 15.4. The van der Waals surface area contributed by atoms with Gasteiger partial charge in [0, 0.05) is 9.13 Å². The molecule has 21 heavy (non-hydrogen) atoms. The van der Waals surface area contributed by atoms with Crippen molar-refractivity contribution in [3.63, 3.8) is 0 Å². The molecule has 0 spiro atoms. The van der Waals surface area contributed by atoms with Crippen molar-refractivity contribution in [2.45, 2.75) is 40.0 Å². The van der Waals surface area contributed by atoms with E-state index in [1.54, 1.807) is 0 Å². The van der Waals surface area contributed by atoms with Gasteiger partial charge in [-0.1, -0.05) is 51.5 Å². The van der Waals surface area contributed by atoms with Crippen molar-refractivity contribution in [3.8, 4) is 11.1 Å². The lowest BCUT2D eigenvalue weighted by Crippen LogP contribution is -2.29. The highest BCUT2D eigenvalue weighted by molar-refractivity contribution is 14.1. The van der Waals surface area contributed by atoms with Gasteiger partial charge in [0.15, 0.2) is 12.4 Å². The molecule has 0 unspecified atom stereocenters. The lowest BCUT2D eigenvalue weighted by atomic mass is 9.98. The van der Waals surface area contributed by atoms with Gasteiger partial charge in [-0.2, -0.15) is 0 Å². The normalized spacial score (nSPS) is 11.1. The molecule has 2 aromatic rings. The highest BCUT2D eigenvalue weighted by atomic mass is 127. The van der Waals surface area contributed by atoms with Crippen LogP contribution in [0, 0.1) is 9.49 Å². The van der Waals surface area contributed by atoms with Crippen LogP contribution in [0.3, 0.4) is 0 Å². The SMILES string of the molecule is CCCc1cccc(-c2c[n+](C)cc(CC(C)C)c2I)c1. The number of hydrogen-bond acceptors (Lipinski definition) is 0. The molecule has 0 aliphatic carbocycles. The van der Waals surface area contributed by atoms with E-state index in [4.69, 9.17) is 0 Å². The summed E-state index contributed by atoms with van der Waals surface area (Å²) in [5.74, 6) is 0.681. The van der Waals surface area contributed by atoms with E-state index in [1.807, 2.05) is 0 Å². The topological polar surface area (TPSA) is 3.88 Å². The largest absolute Gasteiger partial charge is 0.207 e. The molecule has 2 heteroatoms. The van der Waals surface area contributed by atoms with Gasteiger partial charge >= 0.3 is 0 Å². The van der Waals surface area contributed by atoms with E-state index in [0.29, 0.717) is 5.92 Å². The molecule has 1 heterocycles. The summed E-state index contributed by atoms with van der Waals surface area (Å²) >= 11 is 2.51. The molecule has 1 aromatic heterocycles. The van der Waals surface area contributed by atoms with Gasteiger partial charge in [-0.05, 0) is 52.5 Å². The lowest BCUT2D eigenvalue weighted by molar-refractivity contribution is -0.671. The number of rotatable bonds is 5. The molecule has 1 nitrogen and oxygen atoms in total. The number of halogens is 1. The summed E-state index contributed by atoms with van der Waals surface area (Å²) in [6.45, 7) is 6.80. The van der Waals surface area contributed by atoms with E-state index in [-0.39, 0.29) is 0 Å². The van der Waals surface area contributed by atoms with E-state index in [0.717, 1.165) is 12.8 Å². The van der Waals surface area contributed by atoms with Crippen LogP contribution >= 0.6 is 22.6 Å². The molecule has 112 valence electrons. The van der Waals surface area contributed by atoms with Gasteiger partial charge < -0.3 is 0 Å². The molecule has 0 radical (unpaired) electrons. The Morgan fingerprint density at radius 2 is 1.95 bits per heavy atom. The van der Waals surface area contributed by atoms with Crippen molar-refractivity contribution in [2.75, 3.05) is 0 Å². The molecule has 0 aliphatic rings. The predicted octanol–water partition coefficient (Wildman–Crippen LogP) is 4.93. The van der Waals surface area contributed by atoms with Crippen LogP contribution in [0.1, 0.15) is 38.3 Å². The third-order valence-corrected chi connectivity index (χ3v) is 4.89. The van der Waals surface area contributed by atoms with Crippen molar-refractivity contribution < 1.29 is 4.57 Å². The van der Waals surface area contributed by atoms with E-state index in [1.165, 1.54) is 32.2 Å². The summed E-state index contributed by atoms with van der Waals surface area (Å²) < 4.78 is 3.59. The second-order valence-corrected chi connectivity index (χ2v) is 7.30. The van der Waals surface area contributed by atoms with E-state index in [2.05, 4.69) is 91.6 Å².